The summed E-state index contributed by atoms with van der Waals surface area (Å²) in [6.07, 6.45) is 1.74. The first-order valence-electron chi connectivity index (χ1n) is 7.72. The van der Waals surface area contributed by atoms with Gasteiger partial charge in [-0.2, -0.15) is 0 Å². The van der Waals surface area contributed by atoms with Crippen molar-refractivity contribution in [2.45, 2.75) is 46.7 Å². The number of hydrogen-bond donors (Lipinski definition) is 2. The van der Waals surface area contributed by atoms with E-state index in [0.29, 0.717) is 5.39 Å². The number of rotatable bonds is 4. The van der Waals surface area contributed by atoms with Crippen LogP contribution in [0.5, 0.6) is 5.88 Å². The number of carbonyl (C=O) groups is 2. The third kappa shape index (κ3) is 3.38. The summed E-state index contributed by atoms with van der Waals surface area (Å²) in [6, 6.07) is 6.21. The van der Waals surface area contributed by atoms with Crippen LogP contribution < -0.4 is 5.32 Å². The Labute approximate surface area is 136 Å². The molecule has 0 aliphatic carbocycles. The number of aromatic hydroxyl groups is 1. The van der Waals surface area contributed by atoms with Crippen LogP contribution >= 0.6 is 0 Å². The van der Waals surface area contributed by atoms with Crippen LogP contribution in [0, 0.1) is 5.41 Å². The fraction of sp³-hybridized carbons (Fsp3) is 0.444. The number of nitrogens with zero attached hydrogens (tertiary/aromatic N) is 1. The maximum atomic E-state index is 12.5. The molecule has 0 bridgehead atoms. The number of carbonyl (C=O) groups excluding carboxylic acids is 2. The Morgan fingerprint density at radius 1 is 1.22 bits per heavy atom. The average molecular weight is 316 g/mol. The molecular weight excluding hydrogens is 292 g/mol. The highest BCUT2D eigenvalue weighted by atomic mass is 16.3. The lowest BCUT2D eigenvalue weighted by Gasteiger charge is -2.30. The van der Waals surface area contributed by atoms with E-state index in [-0.39, 0.29) is 23.0 Å². The zero-order valence-corrected chi connectivity index (χ0v) is 14.3. The summed E-state index contributed by atoms with van der Waals surface area (Å²) >= 11 is 0. The van der Waals surface area contributed by atoms with Gasteiger partial charge in [0.25, 0.3) is 0 Å². The van der Waals surface area contributed by atoms with E-state index >= 15 is 0 Å². The van der Waals surface area contributed by atoms with Gasteiger partial charge in [-0.05, 0) is 25.3 Å². The Morgan fingerprint density at radius 2 is 1.83 bits per heavy atom. The van der Waals surface area contributed by atoms with Gasteiger partial charge in [-0.1, -0.05) is 39.0 Å². The number of nitrogens with one attached hydrogen (secondary N) is 1. The van der Waals surface area contributed by atoms with E-state index in [1.54, 1.807) is 19.2 Å². The van der Waals surface area contributed by atoms with Crippen molar-refractivity contribution in [2.24, 2.45) is 5.41 Å². The molecule has 2 rings (SSSR count). The predicted octanol–water partition coefficient (Wildman–Crippen LogP) is 3.03. The van der Waals surface area contributed by atoms with Crippen LogP contribution in [0.4, 0.5) is 0 Å². The van der Waals surface area contributed by atoms with E-state index in [9.17, 15) is 14.7 Å². The molecule has 0 aliphatic rings. The van der Waals surface area contributed by atoms with Gasteiger partial charge in [-0.15, -0.1) is 0 Å². The minimum absolute atomic E-state index is 0.0541. The zero-order chi connectivity index (χ0) is 17.4. The minimum Gasteiger partial charge on any atom is -0.494 e. The van der Waals surface area contributed by atoms with Crippen LogP contribution in [-0.4, -0.2) is 27.4 Å². The summed E-state index contributed by atoms with van der Waals surface area (Å²) in [6.45, 7) is 8.90. The molecule has 2 atom stereocenters. The van der Waals surface area contributed by atoms with E-state index in [1.807, 2.05) is 39.0 Å². The normalized spacial score (nSPS) is 14.5. The highest BCUT2D eigenvalue weighted by Gasteiger charge is 2.32. The summed E-state index contributed by atoms with van der Waals surface area (Å²) in [5.41, 5.74) is -0.370. The number of fused-ring (bicyclic) bond motifs is 1. The van der Waals surface area contributed by atoms with Gasteiger partial charge >= 0.3 is 0 Å². The SMILES string of the molecule is CC(=O)C(NC(=O)C(C)n1cc2ccccc2c1O)C(C)(C)C. The standard InChI is InChI=1S/C18H24N2O3/c1-11(16(22)19-15(12(2)21)18(3,4)5)20-10-13-8-6-7-9-14(13)17(20)23/h6-11,15,23H,1-5H3,(H,19,22). The second kappa shape index (κ2) is 6.07. The molecule has 2 N–H and O–H groups in total. The molecule has 0 radical (unpaired) electrons. The van der Waals surface area contributed by atoms with Gasteiger partial charge in [0.1, 0.15) is 6.04 Å². The molecule has 0 aliphatic heterocycles. The van der Waals surface area contributed by atoms with Gasteiger partial charge in [0.05, 0.1) is 6.04 Å². The Kier molecular flexibility index (Phi) is 4.50. The van der Waals surface area contributed by atoms with Crippen molar-refractivity contribution in [2.75, 3.05) is 0 Å². The Bertz CT molecular complexity index is 740. The largest absolute Gasteiger partial charge is 0.494 e. The highest BCUT2D eigenvalue weighted by Crippen LogP contribution is 2.30. The van der Waals surface area contributed by atoms with Crippen molar-refractivity contribution < 1.29 is 14.7 Å². The first kappa shape index (κ1) is 17.1. The number of ketones is 1. The summed E-state index contributed by atoms with van der Waals surface area (Å²) in [5.74, 6) is -0.325. The molecule has 23 heavy (non-hydrogen) atoms. The number of aromatic nitrogens is 1. The molecule has 0 saturated carbocycles. The van der Waals surface area contributed by atoms with Crippen molar-refractivity contribution in [1.82, 2.24) is 9.88 Å². The van der Waals surface area contributed by atoms with Crippen LogP contribution in [0.1, 0.15) is 40.7 Å². The summed E-state index contributed by atoms with van der Waals surface area (Å²) in [7, 11) is 0. The van der Waals surface area contributed by atoms with Gasteiger partial charge in [-0.25, -0.2) is 0 Å². The number of amides is 1. The molecule has 2 unspecified atom stereocenters. The maximum Gasteiger partial charge on any atom is 0.243 e. The molecule has 1 aromatic heterocycles. The lowest BCUT2D eigenvalue weighted by atomic mass is 9.84. The van der Waals surface area contributed by atoms with Crippen molar-refractivity contribution in [3.63, 3.8) is 0 Å². The maximum absolute atomic E-state index is 12.5. The molecule has 0 saturated heterocycles. The van der Waals surface area contributed by atoms with Crippen molar-refractivity contribution in [1.29, 1.82) is 0 Å². The molecular formula is C18H24N2O3. The first-order chi connectivity index (χ1) is 10.6. The summed E-state index contributed by atoms with van der Waals surface area (Å²) in [5, 5.41) is 14.7. The van der Waals surface area contributed by atoms with Crippen LogP contribution in [0.3, 0.4) is 0 Å². The third-order valence-electron chi connectivity index (χ3n) is 4.08. The van der Waals surface area contributed by atoms with E-state index < -0.39 is 12.1 Å². The lowest BCUT2D eigenvalue weighted by Crippen LogP contribution is -2.49. The third-order valence-corrected chi connectivity index (χ3v) is 4.08. The molecule has 124 valence electrons. The smallest absolute Gasteiger partial charge is 0.243 e. The predicted molar refractivity (Wildman–Crippen MR) is 90.4 cm³/mol. The van der Waals surface area contributed by atoms with Crippen molar-refractivity contribution >= 4 is 22.5 Å². The van der Waals surface area contributed by atoms with E-state index in [0.717, 1.165) is 5.39 Å². The van der Waals surface area contributed by atoms with Crippen LogP contribution in [0.25, 0.3) is 10.8 Å². The molecule has 0 spiro atoms. The zero-order valence-electron chi connectivity index (χ0n) is 14.3. The molecule has 5 nitrogen and oxygen atoms in total. The number of Topliss-reactive ketones (excluding diaryl/α,β-unsaturated/α-hetero) is 1. The number of hydrogen-bond acceptors (Lipinski definition) is 3. The van der Waals surface area contributed by atoms with Crippen LogP contribution in [0.2, 0.25) is 0 Å². The van der Waals surface area contributed by atoms with Crippen molar-refractivity contribution in [3.8, 4) is 5.88 Å². The molecule has 0 fully saturated rings. The second-order valence-electron chi connectivity index (χ2n) is 7.04. The Hall–Kier alpha value is -2.30. The molecule has 2 aromatic rings. The number of benzene rings is 1. The molecule has 1 amide bonds. The van der Waals surface area contributed by atoms with Gasteiger partial charge in [0, 0.05) is 17.0 Å². The summed E-state index contributed by atoms with van der Waals surface area (Å²) < 4.78 is 1.53. The molecule has 5 heteroatoms. The topological polar surface area (TPSA) is 71.3 Å². The molecule has 1 aromatic carbocycles. The van der Waals surface area contributed by atoms with E-state index in [2.05, 4.69) is 5.32 Å². The highest BCUT2D eigenvalue weighted by molar-refractivity contribution is 5.92. The fourth-order valence-corrected chi connectivity index (χ4v) is 2.78. The minimum atomic E-state index is -0.619. The average Bonchev–Trinajstić information content (AvgIpc) is 2.80. The van der Waals surface area contributed by atoms with Gasteiger partial charge in [0.2, 0.25) is 5.91 Å². The lowest BCUT2D eigenvalue weighted by molar-refractivity contribution is -0.130. The van der Waals surface area contributed by atoms with E-state index in [1.165, 1.54) is 11.5 Å². The van der Waals surface area contributed by atoms with Gasteiger partial charge in [0.15, 0.2) is 11.7 Å². The molecule has 1 heterocycles. The Morgan fingerprint density at radius 3 is 2.35 bits per heavy atom. The Balaban J connectivity index is 2.28. The van der Waals surface area contributed by atoms with Crippen molar-refractivity contribution in [3.05, 3.63) is 30.5 Å². The van der Waals surface area contributed by atoms with Gasteiger partial charge in [-0.3, -0.25) is 9.59 Å². The van der Waals surface area contributed by atoms with Crippen LogP contribution in [0.15, 0.2) is 30.5 Å². The monoisotopic (exact) mass is 316 g/mol. The second-order valence-corrected chi connectivity index (χ2v) is 7.04. The van der Waals surface area contributed by atoms with Crippen LogP contribution in [-0.2, 0) is 9.59 Å². The quantitative estimate of drug-likeness (QED) is 0.911. The van der Waals surface area contributed by atoms with Gasteiger partial charge < -0.3 is 15.0 Å². The van der Waals surface area contributed by atoms with E-state index in [4.69, 9.17) is 0 Å². The fourth-order valence-electron chi connectivity index (χ4n) is 2.78. The summed E-state index contributed by atoms with van der Waals surface area (Å²) in [4.78, 5) is 24.4. The first-order valence-corrected chi connectivity index (χ1v) is 7.72.